The molecular formula is C21H31N3O2. The van der Waals surface area contributed by atoms with Gasteiger partial charge in [-0.15, -0.1) is 0 Å². The third-order valence-electron chi connectivity index (χ3n) is 5.63. The summed E-state index contributed by atoms with van der Waals surface area (Å²) in [5, 5.41) is 0. The zero-order valence-corrected chi connectivity index (χ0v) is 15.8. The van der Waals surface area contributed by atoms with Crippen LogP contribution in [-0.4, -0.2) is 61.6 Å². The summed E-state index contributed by atoms with van der Waals surface area (Å²) in [6, 6.07) is 8.49. The van der Waals surface area contributed by atoms with Crippen molar-refractivity contribution in [3.8, 4) is 5.75 Å². The summed E-state index contributed by atoms with van der Waals surface area (Å²) in [5.74, 6) is 1.83. The number of methoxy groups -OCH3 is 1. The molecule has 2 fully saturated rings. The normalized spacial score (nSPS) is 24.1. The van der Waals surface area contributed by atoms with Crippen LogP contribution in [0.15, 0.2) is 30.3 Å². The maximum absolute atomic E-state index is 12.3. The Balaban J connectivity index is 1.55. The van der Waals surface area contributed by atoms with Gasteiger partial charge in [-0.05, 0) is 37.8 Å². The summed E-state index contributed by atoms with van der Waals surface area (Å²) in [6.45, 7) is 4.54. The first-order valence-corrected chi connectivity index (χ1v) is 9.74. The van der Waals surface area contributed by atoms with Crippen molar-refractivity contribution in [1.29, 1.82) is 0 Å². The van der Waals surface area contributed by atoms with Crippen LogP contribution in [0.2, 0.25) is 0 Å². The van der Waals surface area contributed by atoms with Gasteiger partial charge in [0.15, 0.2) is 0 Å². The lowest BCUT2D eigenvalue weighted by molar-refractivity contribution is -0.141. The highest BCUT2D eigenvalue weighted by Gasteiger charge is 2.38. The van der Waals surface area contributed by atoms with Crippen LogP contribution in [0, 0.1) is 5.92 Å². The number of likely N-dealkylation sites (tertiary alicyclic amines) is 2. The molecule has 0 aliphatic carbocycles. The van der Waals surface area contributed by atoms with E-state index in [1.165, 1.54) is 0 Å². The number of rotatable bonds is 7. The monoisotopic (exact) mass is 357 g/mol. The first kappa shape index (κ1) is 18.9. The number of piperidine rings is 2. The molecule has 0 bridgehead atoms. The summed E-state index contributed by atoms with van der Waals surface area (Å²) < 4.78 is 5.40. The molecular weight excluding hydrogens is 326 g/mol. The quantitative estimate of drug-likeness (QED) is 0.814. The zero-order valence-electron chi connectivity index (χ0n) is 15.8. The minimum absolute atomic E-state index is 0.323. The van der Waals surface area contributed by atoms with Gasteiger partial charge < -0.3 is 15.4 Å². The van der Waals surface area contributed by atoms with Gasteiger partial charge in [-0.2, -0.15) is 0 Å². The van der Waals surface area contributed by atoms with Crippen molar-refractivity contribution in [2.75, 3.05) is 39.8 Å². The molecule has 1 amide bonds. The number of amides is 1. The number of nitrogens with zero attached hydrogens (tertiary/aromatic N) is 2. The van der Waals surface area contributed by atoms with Gasteiger partial charge in [0, 0.05) is 44.2 Å². The number of carbonyl (C=O) groups excluding carboxylic acids is 1. The molecule has 5 heteroatoms. The van der Waals surface area contributed by atoms with E-state index in [9.17, 15) is 4.79 Å². The third-order valence-corrected chi connectivity index (χ3v) is 5.63. The van der Waals surface area contributed by atoms with Crippen molar-refractivity contribution >= 4 is 12.0 Å². The fraction of sp³-hybridized carbons (Fsp3) is 0.571. The van der Waals surface area contributed by atoms with Crippen LogP contribution in [0.4, 0.5) is 0 Å². The molecule has 2 atom stereocenters. The topological polar surface area (TPSA) is 58.8 Å². The smallest absolute Gasteiger partial charge is 0.222 e. The standard InChI is InChI=1S/C21H31N3O2/c1-26-20-8-3-2-6-17(20)7-4-13-23-15-11-19-18(16-23)9-10-21(25)24(19)14-5-12-22/h2-4,6-8,18-19H,5,9-16,22H2,1H3/t18-,19+/m0/s1. The van der Waals surface area contributed by atoms with E-state index in [1.54, 1.807) is 7.11 Å². The molecule has 0 radical (unpaired) electrons. The molecule has 142 valence electrons. The molecule has 1 aromatic carbocycles. The Morgan fingerprint density at radius 2 is 2.15 bits per heavy atom. The van der Waals surface area contributed by atoms with Gasteiger partial charge in [-0.3, -0.25) is 9.69 Å². The van der Waals surface area contributed by atoms with E-state index >= 15 is 0 Å². The summed E-state index contributed by atoms with van der Waals surface area (Å²) in [5.41, 5.74) is 6.75. The number of hydrogen-bond donors (Lipinski definition) is 1. The maximum atomic E-state index is 12.3. The molecule has 2 saturated heterocycles. The summed E-state index contributed by atoms with van der Waals surface area (Å²) >= 11 is 0. The Kier molecular flexibility index (Phi) is 6.69. The van der Waals surface area contributed by atoms with Crippen LogP contribution in [0.1, 0.15) is 31.2 Å². The third kappa shape index (κ3) is 4.46. The molecule has 1 aromatic rings. The minimum atomic E-state index is 0.323. The van der Waals surface area contributed by atoms with Crippen molar-refractivity contribution < 1.29 is 9.53 Å². The van der Waals surface area contributed by atoms with Crippen molar-refractivity contribution in [1.82, 2.24) is 9.80 Å². The second kappa shape index (κ2) is 9.19. The molecule has 0 spiro atoms. The van der Waals surface area contributed by atoms with Crippen LogP contribution < -0.4 is 10.5 Å². The molecule has 0 aromatic heterocycles. The van der Waals surface area contributed by atoms with Gasteiger partial charge in [-0.1, -0.05) is 30.4 Å². The fourth-order valence-electron chi connectivity index (χ4n) is 4.28. The van der Waals surface area contributed by atoms with E-state index in [1.807, 2.05) is 18.2 Å². The Morgan fingerprint density at radius 1 is 1.31 bits per heavy atom. The first-order valence-electron chi connectivity index (χ1n) is 9.74. The van der Waals surface area contributed by atoms with Crippen molar-refractivity contribution in [2.24, 2.45) is 11.7 Å². The van der Waals surface area contributed by atoms with E-state index < -0.39 is 0 Å². The number of hydrogen-bond acceptors (Lipinski definition) is 4. The zero-order chi connectivity index (χ0) is 18.4. The SMILES string of the molecule is COc1ccccc1C=CCN1CC[C@@H]2[C@@H](CCC(=O)N2CCCN)C1. The van der Waals surface area contributed by atoms with Crippen molar-refractivity contribution in [2.45, 2.75) is 31.7 Å². The van der Waals surface area contributed by atoms with E-state index in [0.717, 1.165) is 56.8 Å². The number of ether oxygens (including phenoxy) is 1. The predicted molar refractivity (Wildman–Crippen MR) is 105 cm³/mol. The lowest BCUT2D eigenvalue weighted by Crippen LogP contribution is -2.56. The molecule has 26 heavy (non-hydrogen) atoms. The van der Waals surface area contributed by atoms with Crippen LogP contribution in [0.5, 0.6) is 5.75 Å². The first-order chi connectivity index (χ1) is 12.7. The van der Waals surface area contributed by atoms with E-state index in [4.69, 9.17) is 10.5 Å². The Morgan fingerprint density at radius 3 is 2.96 bits per heavy atom. The van der Waals surface area contributed by atoms with Gasteiger partial charge in [0.2, 0.25) is 5.91 Å². The molecule has 0 saturated carbocycles. The van der Waals surface area contributed by atoms with Crippen molar-refractivity contribution in [3.63, 3.8) is 0 Å². The van der Waals surface area contributed by atoms with Gasteiger partial charge in [0.1, 0.15) is 5.75 Å². The molecule has 5 nitrogen and oxygen atoms in total. The average molecular weight is 357 g/mol. The van der Waals surface area contributed by atoms with E-state index in [2.05, 4.69) is 28.0 Å². The van der Waals surface area contributed by atoms with Gasteiger partial charge in [0.25, 0.3) is 0 Å². The van der Waals surface area contributed by atoms with Crippen molar-refractivity contribution in [3.05, 3.63) is 35.9 Å². The highest BCUT2D eigenvalue weighted by molar-refractivity contribution is 5.77. The number of fused-ring (bicyclic) bond motifs is 1. The fourth-order valence-corrected chi connectivity index (χ4v) is 4.28. The lowest BCUT2D eigenvalue weighted by atomic mass is 9.83. The summed E-state index contributed by atoms with van der Waals surface area (Å²) in [4.78, 5) is 16.9. The number of benzene rings is 1. The van der Waals surface area contributed by atoms with Crippen LogP contribution in [-0.2, 0) is 4.79 Å². The Bertz CT molecular complexity index is 631. The molecule has 2 N–H and O–H groups in total. The van der Waals surface area contributed by atoms with E-state index in [0.29, 0.717) is 30.8 Å². The highest BCUT2D eigenvalue weighted by atomic mass is 16.5. The highest BCUT2D eigenvalue weighted by Crippen LogP contribution is 2.31. The van der Waals surface area contributed by atoms with Crippen LogP contribution >= 0.6 is 0 Å². The van der Waals surface area contributed by atoms with Crippen LogP contribution in [0.25, 0.3) is 6.08 Å². The number of nitrogens with two attached hydrogens (primary N) is 1. The lowest BCUT2D eigenvalue weighted by Gasteiger charge is -2.47. The second-order valence-electron chi connectivity index (χ2n) is 7.29. The van der Waals surface area contributed by atoms with Gasteiger partial charge in [0.05, 0.1) is 7.11 Å². The minimum Gasteiger partial charge on any atom is -0.496 e. The number of carbonyl (C=O) groups is 1. The Labute approximate surface area is 156 Å². The summed E-state index contributed by atoms with van der Waals surface area (Å²) in [7, 11) is 1.71. The number of para-hydroxylation sites is 1. The molecule has 0 unspecified atom stereocenters. The van der Waals surface area contributed by atoms with Crippen LogP contribution in [0.3, 0.4) is 0 Å². The van der Waals surface area contributed by atoms with Gasteiger partial charge in [-0.25, -0.2) is 0 Å². The van der Waals surface area contributed by atoms with E-state index in [-0.39, 0.29) is 0 Å². The second-order valence-corrected chi connectivity index (χ2v) is 7.29. The predicted octanol–water partition coefficient (Wildman–Crippen LogP) is 2.37. The molecule has 2 heterocycles. The summed E-state index contributed by atoms with van der Waals surface area (Å²) in [6.07, 6.45) is 8.05. The molecule has 3 rings (SSSR count). The molecule has 2 aliphatic rings. The maximum Gasteiger partial charge on any atom is 0.222 e. The average Bonchev–Trinajstić information content (AvgIpc) is 2.67. The largest absolute Gasteiger partial charge is 0.496 e. The Hall–Kier alpha value is -1.85. The molecule has 2 aliphatic heterocycles. The van der Waals surface area contributed by atoms with Gasteiger partial charge >= 0.3 is 0 Å².